The number of benzene rings is 2. The van der Waals surface area contributed by atoms with Gasteiger partial charge in [0.05, 0.1) is 5.69 Å². The van der Waals surface area contributed by atoms with Crippen LogP contribution in [0.3, 0.4) is 0 Å². The van der Waals surface area contributed by atoms with E-state index >= 15 is 0 Å². The molecule has 3 aromatic rings. The first-order chi connectivity index (χ1) is 14.2. The second-order valence-corrected chi connectivity index (χ2v) is 8.43. The second kappa shape index (κ2) is 7.65. The molecule has 0 aliphatic carbocycles. The van der Waals surface area contributed by atoms with E-state index in [2.05, 4.69) is 44.8 Å². The van der Waals surface area contributed by atoms with Crippen molar-refractivity contribution in [1.29, 1.82) is 0 Å². The van der Waals surface area contributed by atoms with Crippen molar-refractivity contribution in [2.24, 2.45) is 0 Å². The first kappa shape index (κ1) is 18.4. The first-order valence-electron chi connectivity index (χ1n) is 9.86. The number of hydrogen-bond donors (Lipinski definition) is 1. The van der Waals surface area contributed by atoms with Crippen LogP contribution >= 0.6 is 11.3 Å². The maximum atomic E-state index is 14.3. The van der Waals surface area contributed by atoms with Crippen LogP contribution in [0.15, 0.2) is 41.8 Å². The summed E-state index contributed by atoms with van der Waals surface area (Å²) < 4.78 is 20.8. The highest BCUT2D eigenvalue weighted by Gasteiger charge is 2.22. The number of carbonyl (C=O) groups is 1. The van der Waals surface area contributed by atoms with E-state index in [9.17, 15) is 9.18 Å². The molecule has 2 aromatic carbocycles. The van der Waals surface area contributed by atoms with Gasteiger partial charge in [-0.25, -0.2) is 4.39 Å². The van der Waals surface area contributed by atoms with E-state index in [4.69, 9.17) is 4.74 Å². The smallest absolute Gasteiger partial charge is 0.262 e. The van der Waals surface area contributed by atoms with Crippen LogP contribution in [-0.2, 0) is 11.2 Å². The summed E-state index contributed by atoms with van der Waals surface area (Å²) >= 11 is 1.78. The minimum absolute atomic E-state index is 0.132. The predicted octanol–water partition coefficient (Wildman–Crippen LogP) is 3.74. The van der Waals surface area contributed by atoms with Gasteiger partial charge in [0.1, 0.15) is 0 Å². The van der Waals surface area contributed by atoms with E-state index in [1.165, 1.54) is 21.8 Å². The van der Waals surface area contributed by atoms with Crippen molar-refractivity contribution in [1.82, 2.24) is 4.90 Å². The Bertz CT molecular complexity index is 1060. The SMILES string of the molecule is O=C1COc2c(F)cc(CCN3CCN(c4cccc5sccc45)CC3)cc2N1. The molecule has 3 heterocycles. The van der Waals surface area contributed by atoms with E-state index in [-0.39, 0.29) is 18.3 Å². The maximum Gasteiger partial charge on any atom is 0.262 e. The van der Waals surface area contributed by atoms with Crippen LogP contribution in [0.25, 0.3) is 10.1 Å². The van der Waals surface area contributed by atoms with Crippen molar-refractivity contribution < 1.29 is 13.9 Å². The van der Waals surface area contributed by atoms with E-state index in [1.54, 1.807) is 11.3 Å². The van der Waals surface area contributed by atoms with Crippen LogP contribution in [0.4, 0.5) is 15.8 Å². The lowest BCUT2D eigenvalue weighted by Crippen LogP contribution is -2.47. The quantitative estimate of drug-likeness (QED) is 0.711. The van der Waals surface area contributed by atoms with Crippen LogP contribution in [0.1, 0.15) is 5.56 Å². The fourth-order valence-corrected chi connectivity index (χ4v) is 4.92. The normalized spacial score (nSPS) is 17.1. The molecule has 0 spiro atoms. The number of rotatable bonds is 4. The molecule has 150 valence electrons. The van der Waals surface area contributed by atoms with Gasteiger partial charge in [0.25, 0.3) is 5.91 Å². The average molecular weight is 412 g/mol. The van der Waals surface area contributed by atoms with Gasteiger partial charge < -0.3 is 15.0 Å². The summed E-state index contributed by atoms with van der Waals surface area (Å²) in [5, 5.41) is 6.17. The lowest BCUT2D eigenvalue weighted by atomic mass is 10.1. The van der Waals surface area contributed by atoms with Crippen molar-refractivity contribution in [3.8, 4) is 5.75 Å². The summed E-state index contributed by atoms with van der Waals surface area (Å²) in [4.78, 5) is 16.4. The third-order valence-corrected chi connectivity index (χ3v) is 6.51. The molecular formula is C22H22FN3O2S. The van der Waals surface area contributed by atoms with Gasteiger partial charge in [0, 0.05) is 48.5 Å². The van der Waals surface area contributed by atoms with Gasteiger partial charge >= 0.3 is 0 Å². The van der Waals surface area contributed by atoms with Crippen molar-refractivity contribution in [3.05, 3.63) is 53.2 Å². The van der Waals surface area contributed by atoms with Gasteiger partial charge in [0.15, 0.2) is 18.2 Å². The Morgan fingerprint density at radius 1 is 1.14 bits per heavy atom. The maximum absolute atomic E-state index is 14.3. The summed E-state index contributed by atoms with van der Waals surface area (Å²) in [7, 11) is 0. The minimum Gasteiger partial charge on any atom is -0.478 e. The molecule has 1 amide bonds. The Kier molecular flexibility index (Phi) is 4.85. The lowest BCUT2D eigenvalue weighted by Gasteiger charge is -2.36. The van der Waals surface area contributed by atoms with Gasteiger partial charge in [-0.05, 0) is 47.7 Å². The molecule has 2 aliphatic rings. The van der Waals surface area contributed by atoms with Gasteiger partial charge in [-0.3, -0.25) is 9.69 Å². The number of fused-ring (bicyclic) bond motifs is 2. The summed E-state index contributed by atoms with van der Waals surface area (Å²) in [6.45, 7) is 4.66. The highest BCUT2D eigenvalue weighted by Crippen LogP contribution is 2.33. The molecule has 5 nitrogen and oxygen atoms in total. The molecule has 2 aliphatic heterocycles. The highest BCUT2D eigenvalue weighted by molar-refractivity contribution is 7.17. The Morgan fingerprint density at radius 2 is 2.00 bits per heavy atom. The van der Waals surface area contributed by atoms with Gasteiger partial charge in [0.2, 0.25) is 0 Å². The molecule has 5 rings (SSSR count). The fraction of sp³-hybridized carbons (Fsp3) is 0.318. The Hall–Kier alpha value is -2.64. The van der Waals surface area contributed by atoms with E-state index in [1.807, 2.05) is 6.07 Å². The number of carbonyl (C=O) groups excluding carboxylic acids is 1. The third-order valence-electron chi connectivity index (χ3n) is 5.63. The van der Waals surface area contributed by atoms with E-state index in [0.29, 0.717) is 5.69 Å². The van der Waals surface area contributed by atoms with Crippen LogP contribution in [0.5, 0.6) is 5.75 Å². The van der Waals surface area contributed by atoms with Crippen molar-refractivity contribution in [3.63, 3.8) is 0 Å². The summed E-state index contributed by atoms with van der Waals surface area (Å²) in [5.74, 6) is -0.512. The van der Waals surface area contributed by atoms with E-state index in [0.717, 1.165) is 44.7 Å². The molecule has 0 radical (unpaired) electrons. The second-order valence-electron chi connectivity index (χ2n) is 7.48. The van der Waals surface area contributed by atoms with Crippen LogP contribution in [-0.4, -0.2) is 50.1 Å². The van der Waals surface area contributed by atoms with Crippen molar-refractivity contribution >= 4 is 38.7 Å². The number of halogens is 1. The molecule has 1 N–H and O–H groups in total. The number of hydrogen-bond acceptors (Lipinski definition) is 5. The van der Waals surface area contributed by atoms with E-state index < -0.39 is 5.82 Å². The molecular weight excluding hydrogens is 389 g/mol. The number of piperazine rings is 1. The monoisotopic (exact) mass is 411 g/mol. The zero-order valence-corrected chi connectivity index (χ0v) is 16.8. The molecule has 7 heteroatoms. The number of nitrogens with zero attached hydrogens (tertiary/aromatic N) is 2. The molecule has 0 bridgehead atoms. The Morgan fingerprint density at radius 3 is 2.86 bits per heavy atom. The van der Waals surface area contributed by atoms with Crippen molar-refractivity contribution in [2.45, 2.75) is 6.42 Å². The fourth-order valence-electron chi connectivity index (χ4n) is 4.11. The lowest BCUT2D eigenvalue weighted by molar-refractivity contribution is -0.118. The summed E-state index contributed by atoms with van der Waals surface area (Å²) in [6, 6.07) is 12.1. The predicted molar refractivity (Wildman–Crippen MR) is 115 cm³/mol. The molecule has 1 saturated heterocycles. The number of ether oxygens (including phenoxy) is 1. The third kappa shape index (κ3) is 3.68. The summed E-state index contributed by atoms with van der Waals surface area (Å²) in [5.41, 5.74) is 2.62. The largest absolute Gasteiger partial charge is 0.478 e. The van der Waals surface area contributed by atoms with Crippen LogP contribution < -0.4 is 15.0 Å². The zero-order chi connectivity index (χ0) is 19.8. The minimum atomic E-state index is -0.411. The van der Waals surface area contributed by atoms with Crippen LogP contribution in [0.2, 0.25) is 0 Å². The molecule has 0 saturated carbocycles. The zero-order valence-electron chi connectivity index (χ0n) is 16.0. The Balaban J connectivity index is 1.21. The van der Waals surface area contributed by atoms with Gasteiger partial charge in [-0.2, -0.15) is 0 Å². The molecule has 1 fully saturated rings. The Labute approximate surface area is 172 Å². The topological polar surface area (TPSA) is 44.8 Å². The molecule has 0 unspecified atom stereocenters. The molecule has 0 atom stereocenters. The number of amides is 1. The van der Waals surface area contributed by atoms with Gasteiger partial charge in [-0.15, -0.1) is 11.3 Å². The standard InChI is InChI=1S/C22H22FN3O2S/c23-17-12-15(13-18-22(17)28-14-21(27)24-18)4-6-25-7-9-26(10-8-25)19-2-1-3-20-16(19)5-11-29-20/h1-3,5,11-13H,4,6-10,14H2,(H,24,27). The van der Waals surface area contributed by atoms with Crippen LogP contribution in [0, 0.1) is 5.82 Å². The molecule has 1 aromatic heterocycles. The number of nitrogens with one attached hydrogen (secondary N) is 1. The first-order valence-corrected chi connectivity index (χ1v) is 10.7. The highest BCUT2D eigenvalue weighted by atomic mass is 32.1. The average Bonchev–Trinajstić information content (AvgIpc) is 3.21. The molecule has 29 heavy (non-hydrogen) atoms. The van der Waals surface area contributed by atoms with Gasteiger partial charge in [-0.1, -0.05) is 6.07 Å². The number of anilines is 2. The van der Waals surface area contributed by atoms with Crippen molar-refractivity contribution in [2.75, 3.05) is 49.5 Å². The summed E-state index contributed by atoms with van der Waals surface area (Å²) in [6.07, 6.45) is 0.736. The number of thiophene rings is 1.